The molecule has 0 aliphatic carbocycles. The van der Waals surface area contributed by atoms with E-state index in [1.165, 1.54) is 0 Å². The predicted octanol–water partition coefficient (Wildman–Crippen LogP) is 0.714. The van der Waals surface area contributed by atoms with E-state index in [2.05, 4.69) is 4.98 Å². The lowest BCUT2D eigenvalue weighted by Crippen LogP contribution is -2.27. The smallest absolute Gasteiger partial charge is 0.335 e. The molecule has 0 saturated carbocycles. The molecule has 2 atom stereocenters. The Kier molecular flexibility index (Phi) is 3.03. The highest BCUT2D eigenvalue weighted by Gasteiger charge is 2.26. The van der Waals surface area contributed by atoms with Crippen molar-refractivity contribution in [2.45, 2.75) is 12.2 Å². The molecule has 5 heteroatoms. The Hall–Kier alpha value is -1.98. The summed E-state index contributed by atoms with van der Waals surface area (Å²) in [6.07, 6.45) is -0.142. The third-order valence-corrected chi connectivity index (χ3v) is 2.59. The maximum absolute atomic E-state index is 10.6. The van der Waals surface area contributed by atoms with Gasteiger partial charge in [0, 0.05) is 17.8 Å². The summed E-state index contributed by atoms with van der Waals surface area (Å²) in [7, 11) is 0. The monoisotopic (exact) mass is 233 g/mol. The molecule has 3 N–H and O–H groups in total. The number of aliphatic hydroxyl groups excluding tert-OH is 2. The van der Waals surface area contributed by atoms with Crippen LogP contribution in [0.3, 0.4) is 0 Å². The number of carboxylic acids is 1. The van der Waals surface area contributed by atoms with Gasteiger partial charge in [0.15, 0.2) is 6.10 Å². The van der Waals surface area contributed by atoms with Crippen molar-refractivity contribution in [3.05, 3.63) is 42.2 Å². The van der Waals surface area contributed by atoms with E-state index in [4.69, 9.17) is 5.11 Å². The van der Waals surface area contributed by atoms with Crippen molar-refractivity contribution in [2.24, 2.45) is 0 Å². The van der Waals surface area contributed by atoms with E-state index < -0.39 is 18.2 Å². The average Bonchev–Trinajstić information content (AvgIpc) is 2.36. The van der Waals surface area contributed by atoms with Crippen LogP contribution < -0.4 is 0 Å². The van der Waals surface area contributed by atoms with Crippen molar-refractivity contribution in [3.63, 3.8) is 0 Å². The summed E-state index contributed by atoms with van der Waals surface area (Å²) in [6.45, 7) is 0. The lowest BCUT2D eigenvalue weighted by atomic mass is 9.98. The van der Waals surface area contributed by atoms with E-state index >= 15 is 0 Å². The third kappa shape index (κ3) is 2.11. The normalized spacial score (nSPS) is 14.5. The first-order valence-electron chi connectivity index (χ1n) is 5.03. The topological polar surface area (TPSA) is 90.7 Å². The molecule has 1 aromatic carbocycles. The number of aliphatic hydroxyl groups is 2. The highest BCUT2D eigenvalue weighted by Crippen LogP contribution is 2.25. The number of hydrogen-bond donors (Lipinski definition) is 3. The molecule has 1 heterocycles. The summed E-state index contributed by atoms with van der Waals surface area (Å²) in [5, 5.41) is 29.3. The summed E-state index contributed by atoms with van der Waals surface area (Å²) in [5.41, 5.74) is 0.375. The number of rotatable bonds is 3. The molecule has 0 bridgehead atoms. The zero-order chi connectivity index (χ0) is 12.4. The van der Waals surface area contributed by atoms with E-state index in [1.807, 2.05) is 0 Å². The van der Waals surface area contributed by atoms with Crippen molar-refractivity contribution in [3.8, 4) is 0 Å². The first-order valence-corrected chi connectivity index (χ1v) is 5.03. The standard InChI is InChI=1S/C12H11NO4/c14-10(11(15)12(16)17)9-3-1-2-7-6-13-5-4-8(7)9/h1-6,10-11,14-15H,(H,16,17). The second kappa shape index (κ2) is 4.48. The van der Waals surface area contributed by atoms with E-state index in [0.717, 1.165) is 5.39 Å². The van der Waals surface area contributed by atoms with Gasteiger partial charge >= 0.3 is 5.97 Å². The van der Waals surface area contributed by atoms with Crippen LogP contribution in [-0.2, 0) is 4.79 Å². The van der Waals surface area contributed by atoms with Gasteiger partial charge in [0.1, 0.15) is 6.10 Å². The number of benzene rings is 1. The molecule has 0 aliphatic heterocycles. The Balaban J connectivity index is 2.52. The largest absolute Gasteiger partial charge is 0.479 e. The number of hydrogen-bond acceptors (Lipinski definition) is 4. The zero-order valence-corrected chi connectivity index (χ0v) is 8.82. The van der Waals surface area contributed by atoms with E-state index in [1.54, 1.807) is 36.7 Å². The number of carboxylic acid groups (broad SMARTS) is 1. The van der Waals surface area contributed by atoms with Crippen LogP contribution in [0.1, 0.15) is 11.7 Å². The quantitative estimate of drug-likeness (QED) is 0.726. The minimum atomic E-state index is -1.84. The summed E-state index contributed by atoms with van der Waals surface area (Å²) >= 11 is 0. The molecular formula is C12H11NO4. The number of fused-ring (bicyclic) bond motifs is 1. The van der Waals surface area contributed by atoms with E-state index in [9.17, 15) is 15.0 Å². The molecule has 2 unspecified atom stereocenters. The molecule has 0 spiro atoms. The predicted molar refractivity (Wildman–Crippen MR) is 60.3 cm³/mol. The van der Waals surface area contributed by atoms with Crippen LogP contribution in [0.15, 0.2) is 36.7 Å². The lowest BCUT2D eigenvalue weighted by Gasteiger charge is -2.16. The fourth-order valence-electron chi connectivity index (χ4n) is 1.71. The van der Waals surface area contributed by atoms with Crippen LogP contribution in [0.5, 0.6) is 0 Å². The van der Waals surface area contributed by atoms with Gasteiger partial charge in [-0.2, -0.15) is 0 Å². The third-order valence-electron chi connectivity index (χ3n) is 2.59. The Morgan fingerprint density at radius 3 is 2.71 bits per heavy atom. The number of aromatic nitrogens is 1. The van der Waals surface area contributed by atoms with Gasteiger partial charge in [-0.1, -0.05) is 18.2 Å². The van der Waals surface area contributed by atoms with Gasteiger partial charge in [-0.25, -0.2) is 4.79 Å². The van der Waals surface area contributed by atoms with Gasteiger partial charge in [-0.15, -0.1) is 0 Å². The van der Waals surface area contributed by atoms with Crippen LogP contribution in [-0.4, -0.2) is 32.4 Å². The summed E-state index contributed by atoms with van der Waals surface area (Å²) in [5.74, 6) is -1.46. The van der Waals surface area contributed by atoms with Crippen molar-refractivity contribution >= 4 is 16.7 Å². The van der Waals surface area contributed by atoms with Gasteiger partial charge in [-0.3, -0.25) is 4.98 Å². The molecule has 0 radical (unpaired) electrons. The van der Waals surface area contributed by atoms with Gasteiger partial charge < -0.3 is 15.3 Å². The van der Waals surface area contributed by atoms with Crippen molar-refractivity contribution < 1.29 is 20.1 Å². The van der Waals surface area contributed by atoms with Gasteiger partial charge in [0.05, 0.1) is 0 Å². The number of aliphatic carboxylic acids is 1. The first-order chi connectivity index (χ1) is 8.11. The van der Waals surface area contributed by atoms with Crippen molar-refractivity contribution in [1.29, 1.82) is 0 Å². The van der Waals surface area contributed by atoms with Crippen LogP contribution >= 0.6 is 0 Å². The highest BCUT2D eigenvalue weighted by atomic mass is 16.4. The second-order valence-electron chi connectivity index (χ2n) is 3.67. The lowest BCUT2D eigenvalue weighted by molar-refractivity contribution is -0.153. The number of nitrogens with zero attached hydrogens (tertiary/aromatic N) is 1. The Bertz CT molecular complexity index is 550. The molecule has 0 aliphatic rings. The molecule has 1 aromatic heterocycles. The van der Waals surface area contributed by atoms with Crippen molar-refractivity contribution in [1.82, 2.24) is 4.98 Å². The SMILES string of the molecule is O=C(O)C(O)C(O)c1cccc2cnccc12. The molecule has 0 amide bonds. The van der Waals surface area contributed by atoms with Crippen LogP contribution in [0, 0.1) is 0 Å². The molecule has 0 saturated heterocycles. The molecule has 5 nitrogen and oxygen atoms in total. The van der Waals surface area contributed by atoms with Gasteiger partial charge in [-0.05, 0) is 17.0 Å². The number of pyridine rings is 1. The Morgan fingerprint density at radius 2 is 2.00 bits per heavy atom. The van der Waals surface area contributed by atoms with Crippen LogP contribution in [0.4, 0.5) is 0 Å². The average molecular weight is 233 g/mol. The molecular weight excluding hydrogens is 222 g/mol. The van der Waals surface area contributed by atoms with Gasteiger partial charge in [0.2, 0.25) is 0 Å². The first kappa shape index (κ1) is 11.5. The minimum absolute atomic E-state index is 0.375. The number of carbonyl (C=O) groups is 1. The summed E-state index contributed by atoms with van der Waals surface area (Å²) in [4.78, 5) is 14.6. The van der Waals surface area contributed by atoms with Crippen LogP contribution in [0.25, 0.3) is 10.8 Å². The maximum Gasteiger partial charge on any atom is 0.335 e. The van der Waals surface area contributed by atoms with Crippen molar-refractivity contribution in [2.75, 3.05) is 0 Å². The Labute approximate surface area is 97.0 Å². The Morgan fingerprint density at radius 1 is 1.24 bits per heavy atom. The summed E-state index contributed by atoms with van der Waals surface area (Å²) < 4.78 is 0. The second-order valence-corrected chi connectivity index (χ2v) is 3.67. The maximum atomic E-state index is 10.6. The zero-order valence-electron chi connectivity index (χ0n) is 8.82. The van der Waals surface area contributed by atoms with E-state index in [0.29, 0.717) is 10.9 Å². The summed E-state index contributed by atoms with van der Waals surface area (Å²) in [6, 6.07) is 6.73. The fourth-order valence-corrected chi connectivity index (χ4v) is 1.71. The molecule has 2 rings (SSSR count). The molecule has 2 aromatic rings. The van der Waals surface area contributed by atoms with Gasteiger partial charge in [0.25, 0.3) is 0 Å². The fraction of sp³-hybridized carbons (Fsp3) is 0.167. The molecule has 17 heavy (non-hydrogen) atoms. The highest BCUT2D eigenvalue weighted by molar-refractivity contribution is 5.86. The van der Waals surface area contributed by atoms with E-state index in [-0.39, 0.29) is 0 Å². The van der Waals surface area contributed by atoms with Crippen LogP contribution in [0.2, 0.25) is 0 Å². The molecule has 0 fully saturated rings. The minimum Gasteiger partial charge on any atom is -0.479 e. The molecule has 88 valence electrons.